The molecule has 0 spiro atoms. The summed E-state index contributed by atoms with van der Waals surface area (Å²) in [6, 6.07) is 14.1. The van der Waals surface area contributed by atoms with Crippen molar-refractivity contribution < 1.29 is 28.9 Å². The Kier molecular flexibility index (Phi) is 8.13. The molecular formula is C27H18BrClFN3O5S2. The third-order valence-corrected chi connectivity index (χ3v) is 9.01. The fraction of sp³-hybridized carbons (Fsp3) is 0.111. The minimum atomic E-state index is -1.12. The SMILES string of the molecule is COc1cc(C2/C(=C(/O)c3ccc(Cl)cc3)C(=O)C(=O)N2c2nnc(SCc3ccc(F)cc3)s2)cc(Br)c1O. The number of methoxy groups -OCH3 is 1. The van der Waals surface area contributed by atoms with Gasteiger partial charge in [0, 0.05) is 16.3 Å². The first-order chi connectivity index (χ1) is 19.2. The van der Waals surface area contributed by atoms with E-state index >= 15 is 0 Å². The van der Waals surface area contributed by atoms with Crippen LogP contribution in [0, 0.1) is 5.82 Å². The van der Waals surface area contributed by atoms with Gasteiger partial charge in [0.25, 0.3) is 5.78 Å². The molecule has 1 amide bonds. The monoisotopic (exact) mass is 661 g/mol. The molecule has 0 aliphatic carbocycles. The van der Waals surface area contributed by atoms with Crippen molar-refractivity contribution in [3.05, 3.63) is 98.2 Å². The highest BCUT2D eigenvalue weighted by molar-refractivity contribution is 9.10. The molecule has 8 nitrogen and oxygen atoms in total. The van der Waals surface area contributed by atoms with Crippen LogP contribution in [0.25, 0.3) is 5.76 Å². The number of nitrogens with zero attached hydrogens (tertiary/aromatic N) is 3. The van der Waals surface area contributed by atoms with Crippen LogP contribution >= 0.6 is 50.6 Å². The molecule has 1 saturated heterocycles. The highest BCUT2D eigenvalue weighted by atomic mass is 79.9. The largest absolute Gasteiger partial charge is 0.507 e. The Morgan fingerprint density at radius 2 is 1.85 bits per heavy atom. The van der Waals surface area contributed by atoms with Crippen molar-refractivity contribution in [3.8, 4) is 11.5 Å². The average molecular weight is 663 g/mol. The van der Waals surface area contributed by atoms with Crippen LogP contribution in [0.2, 0.25) is 5.02 Å². The Morgan fingerprint density at radius 1 is 1.15 bits per heavy atom. The first-order valence-electron chi connectivity index (χ1n) is 11.5. The highest BCUT2D eigenvalue weighted by Crippen LogP contribution is 2.47. The average Bonchev–Trinajstić information content (AvgIpc) is 3.51. The molecule has 0 radical (unpaired) electrons. The zero-order chi connectivity index (χ0) is 28.6. The van der Waals surface area contributed by atoms with Gasteiger partial charge in [-0.2, -0.15) is 0 Å². The number of anilines is 1. The van der Waals surface area contributed by atoms with E-state index in [1.165, 1.54) is 60.2 Å². The molecule has 2 N–H and O–H groups in total. The number of aromatic hydroxyl groups is 1. The highest BCUT2D eigenvalue weighted by Gasteiger charge is 2.48. The Labute approximate surface area is 249 Å². The number of benzene rings is 3. The lowest BCUT2D eigenvalue weighted by Crippen LogP contribution is -2.29. The summed E-state index contributed by atoms with van der Waals surface area (Å²) in [6.45, 7) is 0. The molecule has 1 aromatic heterocycles. The molecule has 40 heavy (non-hydrogen) atoms. The Morgan fingerprint density at radius 3 is 2.52 bits per heavy atom. The van der Waals surface area contributed by atoms with Crippen LogP contribution in [0.3, 0.4) is 0 Å². The van der Waals surface area contributed by atoms with Gasteiger partial charge in [0.05, 0.1) is 23.2 Å². The molecule has 2 heterocycles. The van der Waals surface area contributed by atoms with Gasteiger partial charge in [-0.3, -0.25) is 14.5 Å². The molecule has 0 saturated carbocycles. The van der Waals surface area contributed by atoms with Crippen molar-refractivity contribution in [3.63, 3.8) is 0 Å². The quantitative estimate of drug-likeness (QED) is 0.0737. The Hall–Kier alpha value is -3.45. The van der Waals surface area contributed by atoms with Crippen LogP contribution in [0.15, 0.2) is 75.0 Å². The number of phenolic OH excluding ortho intramolecular Hbond substituents is 1. The van der Waals surface area contributed by atoms with E-state index in [9.17, 15) is 24.2 Å². The number of aliphatic hydroxyl groups excluding tert-OH is 1. The summed E-state index contributed by atoms with van der Waals surface area (Å²) in [5.74, 6) is -2.16. The van der Waals surface area contributed by atoms with Gasteiger partial charge in [-0.15, -0.1) is 10.2 Å². The zero-order valence-corrected chi connectivity index (χ0v) is 24.4. The number of ether oxygens (including phenoxy) is 1. The predicted octanol–water partition coefficient (Wildman–Crippen LogP) is 6.73. The lowest BCUT2D eigenvalue weighted by Gasteiger charge is -2.23. The number of aliphatic hydroxyl groups is 1. The molecule has 4 aromatic rings. The Bertz CT molecular complexity index is 1650. The van der Waals surface area contributed by atoms with Crippen LogP contribution < -0.4 is 9.64 Å². The van der Waals surface area contributed by atoms with E-state index in [0.717, 1.165) is 16.9 Å². The number of hydrogen-bond acceptors (Lipinski definition) is 9. The van der Waals surface area contributed by atoms with Crippen LogP contribution in [0.5, 0.6) is 11.5 Å². The van der Waals surface area contributed by atoms with Crippen molar-refractivity contribution in [1.82, 2.24) is 10.2 Å². The van der Waals surface area contributed by atoms with E-state index < -0.39 is 23.5 Å². The van der Waals surface area contributed by atoms with Crippen LogP contribution in [-0.2, 0) is 15.3 Å². The standard InChI is InChI=1S/C27H18BrClFN3O5S2/c1-38-19-11-15(10-18(28)23(19)35)21-20(22(34)14-4-6-16(29)7-5-14)24(36)25(37)33(21)26-31-32-27(40-26)39-12-13-2-8-17(30)9-3-13/h2-11,21,34-35H,12H2,1H3/b22-20-. The van der Waals surface area contributed by atoms with Gasteiger partial charge in [-0.25, -0.2) is 4.39 Å². The lowest BCUT2D eigenvalue weighted by atomic mass is 9.95. The fourth-order valence-electron chi connectivity index (χ4n) is 4.10. The summed E-state index contributed by atoms with van der Waals surface area (Å²) in [7, 11) is 1.37. The summed E-state index contributed by atoms with van der Waals surface area (Å²) in [4.78, 5) is 28.0. The third kappa shape index (κ3) is 5.44. The summed E-state index contributed by atoms with van der Waals surface area (Å²) in [6.07, 6.45) is 0. The molecular weight excluding hydrogens is 645 g/mol. The van der Waals surface area contributed by atoms with E-state index in [0.29, 0.717) is 20.7 Å². The van der Waals surface area contributed by atoms with Crippen molar-refractivity contribution in [1.29, 1.82) is 0 Å². The van der Waals surface area contributed by atoms with Gasteiger partial charge in [-0.1, -0.05) is 46.8 Å². The van der Waals surface area contributed by atoms with Gasteiger partial charge in [0.15, 0.2) is 15.8 Å². The number of thioether (sulfide) groups is 1. The molecule has 0 bridgehead atoms. The number of halogens is 3. The summed E-state index contributed by atoms with van der Waals surface area (Å²) in [5, 5.41) is 30.5. The molecule has 3 aromatic carbocycles. The smallest absolute Gasteiger partial charge is 0.301 e. The number of phenols is 1. The number of carbonyl (C=O) groups is 2. The van der Waals surface area contributed by atoms with E-state index in [4.69, 9.17) is 16.3 Å². The number of amides is 1. The van der Waals surface area contributed by atoms with Gasteiger partial charge in [0.2, 0.25) is 5.13 Å². The normalized spacial score (nSPS) is 16.5. The second-order valence-electron chi connectivity index (χ2n) is 8.50. The summed E-state index contributed by atoms with van der Waals surface area (Å²) >= 11 is 11.7. The Balaban J connectivity index is 1.59. The topological polar surface area (TPSA) is 113 Å². The van der Waals surface area contributed by atoms with Gasteiger partial charge in [0.1, 0.15) is 11.6 Å². The number of Topliss-reactive ketones (excluding diaryl/α,β-unsaturated/α-hetero) is 1. The predicted molar refractivity (Wildman–Crippen MR) is 154 cm³/mol. The van der Waals surface area contributed by atoms with Crippen molar-refractivity contribution in [2.75, 3.05) is 12.0 Å². The number of hydrogen-bond donors (Lipinski definition) is 2. The third-order valence-electron chi connectivity index (χ3n) is 6.03. The molecule has 1 atom stereocenters. The lowest BCUT2D eigenvalue weighted by molar-refractivity contribution is -0.132. The summed E-state index contributed by atoms with van der Waals surface area (Å²) < 4.78 is 19.3. The number of rotatable bonds is 7. The second kappa shape index (κ2) is 11.6. The number of carbonyl (C=O) groups excluding carboxylic acids is 2. The molecule has 1 aliphatic rings. The van der Waals surface area contributed by atoms with Crippen LogP contribution in [0.4, 0.5) is 9.52 Å². The minimum Gasteiger partial charge on any atom is -0.507 e. The second-order valence-corrected chi connectivity index (χ2v) is 12.0. The van der Waals surface area contributed by atoms with Crippen LogP contribution in [0.1, 0.15) is 22.7 Å². The van der Waals surface area contributed by atoms with Gasteiger partial charge in [-0.05, 0) is 75.6 Å². The minimum absolute atomic E-state index is 0.0919. The maximum absolute atomic E-state index is 13.4. The van der Waals surface area contributed by atoms with E-state index in [2.05, 4.69) is 26.1 Å². The number of aromatic nitrogens is 2. The zero-order valence-electron chi connectivity index (χ0n) is 20.5. The van der Waals surface area contributed by atoms with Crippen molar-refractivity contribution >= 4 is 73.2 Å². The van der Waals surface area contributed by atoms with E-state index in [1.807, 2.05) is 0 Å². The maximum atomic E-state index is 13.4. The molecule has 5 rings (SSSR count). The molecule has 1 aliphatic heterocycles. The van der Waals surface area contributed by atoms with E-state index in [-0.39, 0.29) is 38.1 Å². The molecule has 13 heteroatoms. The molecule has 204 valence electrons. The van der Waals surface area contributed by atoms with Crippen molar-refractivity contribution in [2.24, 2.45) is 0 Å². The first-order valence-corrected chi connectivity index (χ1v) is 14.5. The molecule has 1 unspecified atom stereocenters. The first kappa shape index (κ1) is 28.1. The number of ketones is 1. The maximum Gasteiger partial charge on any atom is 0.301 e. The van der Waals surface area contributed by atoms with Crippen molar-refractivity contribution in [2.45, 2.75) is 16.1 Å². The summed E-state index contributed by atoms with van der Waals surface area (Å²) in [5.41, 5.74) is 1.34. The van der Waals surface area contributed by atoms with Gasteiger partial charge >= 0.3 is 5.91 Å². The fourth-order valence-corrected chi connectivity index (χ4v) is 6.51. The van der Waals surface area contributed by atoms with Crippen LogP contribution in [-0.4, -0.2) is 39.2 Å². The molecule has 1 fully saturated rings. The van der Waals surface area contributed by atoms with E-state index in [1.54, 1.807) is 24.3 Å². The van der Waals surface area contributed by atoms with Gasteiger partial charge < -0.3 is 14.9 Å².